The van der Waals surface area contributed by atoms with Gasteiger partial charge in [-0.25, -0.2) is 0 Å². The fourth-order valence-corrected chi connectivity index (χ4v) is 2.58. The molecule has 1 aliphatic carbocycles. The molecule has 1 aromatic carbocycles. The van der Waals surface area contributed by atoms with Crippen molar-refractivity contribution in [2.75, 3.05) is 13.7 Å². The number of methoxy groups -OCH3 is 1. The molecule has 0 heterocycles. The zero-order valence-electron chi connectivity index (χ0n) is 11.8. The molecule has 0 aromatic heterocycles. The Bertz CT molecular complexity index is 555. The number of rotatable bonds is 7. The average Bonchev–Trinajstić information content (AvgIpc) is 3.26. The Labute approximate surface area is 131 Å². The second-order valence-corrected chi connectivity index (χ2v) is 6.12. The maximum Gasteiger partial charge on any atom is 0.319 e. The van der Waals surface area contributed by atoms with E-state index in [1.54, 1.807) is 7.11 Å². The number of nitrogens with one attached hydrogen (secondary N) is 1. The highest BCUT2D eigenvalue weighted by molar-refractivity contribution is 9.10. The van der Waals surface area contributed by atoms with Gasteiger partial charge in [0.05, 0.1) is 7.11 Å². The SMILES string of the molecule is COc1cc(Br)ccc1CCCNC(=O)C1(C(=O)O)CC1. The molecule has 2 rings (SSSR count). The van der Waals surface area contributed by atoms with Gasteiger partial charge in [0.15, 0.2) is 0 Å². The summed E-state index contributed by atoms with van der Waals surface area (Å²) in [7, 11) is 1.62. The zero-order chi connectivity index (χ0) is 15.5. The fourth-order valence-electron chi connectivity index (χ4n) is 2.24. The summed E-state index contributed by atoms with van der Waals surface area (Å²) in [5, 5.41) is 11.7. The van der Waals surface area contributed by atoms with Crippen LogP contribution in [0.1, 0.15) is 24.8 Å². The van der Waals surface area contributed by atoms with Crippen LogP contribution in [0.25, 0.3) is 0 Å². The summed E-state index contributed by atoms with van der Waals surface area (Å²) in [5.74, 6) is -0.577. The van der Waals surface area contributed by atoms with Crippen LogP contribution >= 0.6 is 15.9 Å². The summed E-state index contributed by atoms with van der Waals surface area (Å²) in [6.07, 6.45) is 2.37. The minimum absolute atomic E-state index is 0.363. The maximum atomic E-state index is 11.8. The van der Waals surface area contributed by atoms with Gasteiger partial charge in [-0.2, -0.15) is 0 Å². The predicted octanol–water partition coefficient (Wildman–Crippen LogP) is 2.37. The van der Waals surface area contributed by atoms with E-state index in [1.165, 1.54) is 0 Å². The fraction of sp³-hybridized carbons (Fsp3) is 0.467. The molecule has 5 nitrogen and oxygen atoms in total. The number of halogens is 1. The monoisotopic (exact) mass is 355 g/mol. The maximum absolute atomic E-state index is 11.8. The van der Waals surface area contributed by atoms with Gasteiger partial charge in [-0.1, -0.05) is 22.0 Å². The lowest BCUT2D eigenvalue weighted by Crippen LogP contribution is -2.37. The van der Waals surface area contributed by atoms with Crippen molar-refractivity contribution in [1.29, 1.82) is 0 Å². The summed E-state index contributed by atoms with van der Waals surface area (Å²) >= 11 is 3.39. The van der Waals surface area contributed by atoms with E-state index in [2.05, 4.69) is 21.2 Å². The van der Waals surface area contributed by atoms with Crippen LogP contribution < -0.4 is 10.1 Å². The van der Waals surface area contributed by atoms with Crippen molar-refractivity contribution >= 4 is 27.8 Å². The van der Waals surface area contributed by atoms with Gasteiger partial charge in [-0.3, -0.25) is 9.59 Å². The number of benzene rings is 1. The number of ether oxygens (including phenoxy) is 1. The first-order valence-corrected chi connectivity index (χ1v) is 7.63. The summed E-state index contributed by atoms with van der Waals surface area (Å²) < 4.78 is 6.26. The molecule has 1 aliphatic rings. The molecule has 2 N–H and O–H groups in total. The van der Waals surface area contributed by atoms with E-state index in [0.29, 0.717) is 19.4 Å². The Balaban J connectivity index is 1.80. The second-order valence-electron chi connectivity index (χ2n) is 5.20. The summed E-state index contributed by atoms with van der Waals surface area (Å²) in [6.45, 7) is 0.465. The van der Waals surface area contributed by atoms with Crippen LogP contribution in [0.4, 0.5) is 0 Å². The van der Waals surface area contributed by atoms with Crippen molar-refractivity contribution in [3.05, 3.63) is 28.2 Å². The minimum atomic E-state index is -1.16. The summed E-state index contributed by atoms with van der Waals surface area (Å²) in [6, 6.07) is 5.82. The quantitative estimate of drug-likeness (QED) is 0.581. The van der Waals surface area contributed by atoms with Crippen molar-refractivity contribution in [3.8, 4) is 5.75 Å². The number of carbonyl (C=O) groups excluding carboxylic acids is 1. The van der Waals surface area contributed by atoms with Gasteiger partial charge < -0.3 is 15.2 Å². The summed E-state index contributed by atoms with van der Waals surface area (Å²) in [5.41, 5.74) is -0.0933. The highest BCUT2D eigenvalue weighted by Gasteiger charge is 2.56. The number of aliphatic carboxylic acids is 1. The Hall–Kier alpha value is -1.56. The average molecular weight is 356 g/mol. The number of carboxylic acid groups (broad SMARTS) is 1. The van der Waals surface area contributed by atoms with Crippen LogP contribution in [0.5, 0.6) is 5.75 Å². The second kappa shape index (κ2) is 6.47. The van der Waals surface area contributed by atoms with Gasteiger partial charge >= 0.3 is 5.97 Å². The van der Waals surface area contributed by atoms with E-state index >= 15 is 0 Å². The number of carbonyl (C=O) groups is 2. The van der Waals surface area contributed by atoms with E-state index in [0.717, 1.165) is 28.6 Å². The number of carboxylic acids is 1. The van der Waals surface area contributed by atoms with Gasteiger partial charge in [0.25, 0.3) is 0 Å². The highest BCUT2D eigenvalue weighted by atomic mass is 79.9. The molecule has 114 valence electrons. The van der Waals surface area contributed by atoms with E-state index in [1.807, 2.05) is 18.2 Å². The third kappa shape index (κ3) is 3.56. The molecule has 0 aliphatic heterocycles. The first-order chi connectivity index (χ1) is 9.99. The molecule has 0 radical (unpaired) electrons. The third-order valence-corrected chi connectivity index (χ3v) is 4.24. The standard InChI is InChI=1S/C15H18BrNO4/c1-21-12-9-11(16)5-4-10(12)3-2-8-17-13(18)15(6-7-15)14(19)20/h4-5,9H,2-3,6-8H2,1H3,(H,17,18)(H,19,20). The van der Waals surface area contributed by atoms with Crippen LogP contribution in [0.15, 0.2) is 22.7 Å². The van der Waals surface area contributed by atoms with Gasteiger partial charge in [-0.15, -0.1) is 0 Å². The van der Waals surface area contributed by atoms with Crippen molar-refractivity contribution < 1.29 is 19.4 Å². The van der Waals surface area contributed by atoms with Crippen molar-refractivity contribution in [2.45, 2.75) is 25.7 Å². The lowest BCUT2D eigenvalue weighted by Gasteiger charge is -2.12. The van der Waals surface area contributed by atoms with Crippen molar-refractivity contribution in [1.82, 2.24) is 5.32 Å². The van der Waals surface area contributed by atoms with E-state index in [-0.39, 0.29) is 5.91 Å². The topological polar surface area (TPSA) is 75.6 Å². The molecule has 0 unspecified atom stereocenters. The van der Waals surface area contributed by atoms with Gasteiger partial charge in [-0.05, 0) is 43.4 Å². The predicted molar refractivity (Wildman–Crippen MR) is 81.3 cm³/mol. The van der Waals surface area contributed by atoms with Gasteiger partial charge in [0, 0.05) is 11.0 Å². The lowest BCUT2D eigenvalue weighted by molar-refractivity contribution is -0.149. The zero-order valence-corrected chi connectivity index (χ0v) is 13.4. The number of amides is 1. The summed E-state index contributed by atoms with van der Waals surface area (Å²) in [4.78, 5) is 22.8. The molecule has 1 saturated carbocycles. The lowest BCUT2D eigenvalue weighted by atomic mass is 10.1. The highest BCUT2D eigenvalue weighted by Crippen LogP contribution is 2.46. The molecule has 21 heavy (non-hydrogen) atoms. The van der Waals surface area contributed by atoms with Crippen LogP contribution in [0.3, 0.4) is 0 Å². The van der Waals surface area contributed by atoms with E-state index in [4.69, 9.17) is 9.84 Å². The van der Waals surface area contributed by atoms with Crippen molar-refractivity contribution in [3.63, 3.8) is 0 Å². The Morgan fingerprint density at radius 1 is 1.43 bits per heavy atom. The molecule has 1 fully saturated rings. The molecule has 6 heteroatoms. The number of aryl methyl sites for hydroxylation is 1. The Kier molecular flexibility index (Phi) is 4.88. The van der Waals surface area contributed by atoms with Crippen molar-refractivity contribution in [2.24, 2.45) is 5.41 Å². The Morgan fingerprint density at radius 3 is 2.71 bits per heavy atom. The number of hydrogen-bond acceptors (Lipinski definition) is 3. The van der Waals surface area contributed by atoms with Crippen LogP contribution in [-0.4, -0.2) is 30.6 Å². The minimum Gasteiger partial charge on any atom is -0.496 e. The molecule has 0 atom stereocenters. The molecular weight excluding hydrogens is 338 g/mol. The molecule has 1 aromatic rings. The molecule has 1 amide bonds. The van der Waals surface area contributed by atoms with E-state index in [9.17, 15) is 9.59 Å². The van der Waals surface area contributed by atoms with Gasteiger partial charge in [0.1, 0.15) is 11.2 Å². The first kappa shape index (κ1) is 15.8. The first-order valence-electron chi connectivity index (χ1n) is 6.84. The van der Waals surface area contributed by atoms with Gasteiger partial charge in [0.2, 0.25) is 5.91 Å². The van der Waals surface area contributed by atoms with Crippen LogP contribution in [0.2, 0.25) is 0 Å². The third-order valence-electron chi connectivity index (χ3n) is 3.75. The smallest absolute Gasteiger partial charge is 0.319 e. The largest absolute Gasteiger partial charge is 0.496 e. The van der Waals surface area contributed by atoms with Crippen LogP contribution in [0, 0.1) is 5.41 Å². The molecule has 0 saturated heterocycles. The van der Waals surface area contributed by atoms with Crippen LogP contribution in [-0.2, 0) is 16.0 Å². The Morgan fingerprint density at radius 2 is 2.14 bits per heavy atom. The molecule has 0 spiro atoms. The number of hydrogen-bond donors (Lipinski definition) is 2. The molecular formula is C15H18BrNO4. The molecule has 0 bridgehead atoms. The normalized spacial score (nSPS) is 15.3. The van der Waals surface area contributed by atoms with E-state index < -0.39 is 11.4 Å².